The average molecular weight is 565 g/mol. The van der Waals surface area contributed by atoms with Crippen molar-refractivity contribution in [3.05, 3.63) is 78.9 Å². The lowest BCUT2D eigenvalue weighted by Crippen LogP contribution is -2.08. The van der Waals surface area contributed by atoms with E-state index in [4.69, 9.17) is 23.7 Å². The Balaban J connectivity index is 1.24. The molecular formula is C33H40O8. The van der Waals surface area contributed by atoms with Crippen molar-refractivity contribution in [3.63, 3.8) is 0 Å². The van der Waals surface area contributed by atoms with Gasteiger partial charge < -0.3 is 23.7 Å². The smallest absolute Gasteiger partial charge is 0.343 e. The van der Waals surface area contributed by atoms with Crippen LogP contribution in [-0.2, 0) is 19.1 Å². The molecule has 1 heterocycles. The van der Waals surface area contributed by atoms with E-state index in [9.17, 15) is 14.4 Å². The van der Waals surface area contributed by atoms with Crippen molar-refractivity contribution in [3.8, 4) is 17.2 Å². The predicted molar refractivity (Wildman–Crippen MR) is 155 cm³/mol. The molecule has 8 heteroatoms. The third kappa shape index (κ3) is 11.9. The Morgan fingerprint density at radius 2 is 1.32 bits per heavy atom. The van der Waals surface area contributed by atoms with E-state index in [-0.39, 0.29) is 18.0 Å². The van der Waals surface area contributed by atoms with Crippen LogP contribution in [-0.4, -0.2) is 43.8 Å². The molecule has 2 aromatic carbocycles. The van der Waals surface area contributed by atoms with Gasteiger partial charge in [0.05, 0.1) is 25.4 Å². The summed E-state index contributed by atoms with van der Waals surface area (Å²) < 4.78 is 27.2. The maximum absolute atomic E-state index is 12.5. The van der Waals surface area contributed by atoms with Crippen molar-refractivity contribution in [2.24, 2.45) is 0 Å². The molecule has 41 heavy (non-hydrogen) atoms. The zero-order valence-electron chi connectivity index (χ0n) is 23.6. The topological polar surface area (TPSA) is 97.4 Å². The summed E-state index contributed by atoms with van der Waals surface area (Å²) in [5, 5.41) is 0. The Kier molecular flexibility index (Phi) is 13.5. The molecule has 8 nitrogen and oxygen atoms in total. The Morgan fingerprint density at radius 1 is 0.780 bits per heavy atom. The summed E-state index contributed by atoms with van der Waals surface area (Å²) in [5.74, 6) is 0.755. The van der Waals surface area contributed by atoms with E-state index in [0.717, 1.165) is 57.8 Å². The number of hydrogen-bond donors (Lipinski definition) is 0. The highest BCUT2D eigenvalue weighted by Gasteiger charge is 2.26. The Bertz CT molecular complexity index is 1120. The third-order valence-corrected chi connectivity index (χ3v) is 6.57. The third-order valence-electron chi connectivity index (χ3n) is 6.57. The first-order valence-corrected chi connectivity index (χ1v) is 14.3. The van der Waals surface area contributed by atoms with Gasteiger partial charge in [0, 0.05) is 18.1 Å². The number of rotatable bonds is 19. The van der Waals surface area contributed by atoms with Gasteiger partial charge in [0.25, 0.3) is 0 Å². The van der Waals surface area contributed by atoms with Crippen LogP contribution in [0.3, 0.4) is 0 Å². The first-order valence-electron chi connectivity index (χ1n) is 14.3. The summed E-state index contributed by atoms with van der Waals surface area (Å²) in [6.45, 7) is 8.66. The minimum absolute atomic E-state index is 0.00835. The molecule has 0 saturated carbocycles. The van der Waals surface area contributed by atoms with E-state index < -0.39 is 5.97 Å². The quantitative estimate of drug-likeness (QED) is 0.0798. The molecule has 2 aromatic rings. The van der Waals surface area contributed by atoms with Crippen molar-refractivity contribution >= 4 is 17.9 Å². The first-order chi connectivity index (χ1) is 19.9. The largest absolute Gasteiger partial charge is 0.494 e. The summed E-state index contributed by atoms with van der Waals surface area (Å²) in [4.78, 5) is 34.8. The fourth-order valence-corrected chi connectivity index (χ4v) is 4.25. The number of carbonyl (C=O) groups excluding carboxylic acids is 3. The molecule has 0 aromatic heterocycles. The molecular weight excluding hydrogens is 524 g/mol. The van der Waals surface area contributed by atoms with Gasteiger partial charge in [-0.25, -0.2) is 14.4 Å². The minimum atomic E-state index is -0.444. The highest BCUT2D eigenvalue weighted by Crippen LogP contribution is 2.23. The van der Waals surface area contributed by atoms with Gasteiger partial charge in [0.15, 0.2) is 0 Å². The number of esters is 3. The van der Waals surface area contributed by atoms with Gasteiger partial charge in [0.1, 0.15) is 23.4 Å². The number of hydrogen-bond acceptors (Lipinski definition) is 8. The Morgan fingerprint density at radius 3 is 1.88 bits per heavy atom. The lowest BCUT2D eigenvalue weighted by Gasteiger charge is -2.09. The van der Waals surface area contributed by atoms with Crippen LogP contribution in [0, 0.1) is 0 Å². The van der Waals surface area contributed by atoms with E-state index in [1.54, 1.807) is 48.5 Å². The molecule has 1 atom stereocenters. The van der Waals surface area contributed by atoms with Crippen LogP contribution in [0.2, 0.25) is 0 Å². The molecule has 0 bridgehead atoms. The van der Waals surface area contributed by atoms with Gasteiger partial charge in [0.2, 0.25) is 0 Å². The number of benzene rings is 2. The van der Waals surface area contributed by atoms with Crippen molar-refractivity contribution < 1.29 is 38.1 Å². The fraction of sp³-hybridized carbons (Fsp3) is 0.424. The van der Waals surface area contributed by atoms with Crippen molar-refractivity contribution in [2.75, 3.05) is 19.8 Å². The van der Waals surface area contributed by atoms with Crippen molar-refractivity contribution in [1.82, 2.24) is 0 Å². The molecule has 1 unspecified atom stereocenters. The van der Waals surface area contributed by atoms with Crippen LogP contribution < -0.4 is 14.2 Å². The zero-order chi connectivity index (χ0) is 29.3. The minimum Gasteiger partial charge on any atom is -0.494 e. The van der Waals surface area contributed by atoms with Gasteiger partial charge in [-0.2, -0.15) is 0 Å². The highest BCUT2D eigenvalue weighted by molar-refractivity contribution is 5.91. The maximum atomic E-state index is 12.5. The lowest BCUT2D eigenvalue weighted by atomic mass is 10.1. The monoisotopic (exact) mass is 564 g/mol. The molecule has 1 saturated heterocycles. The molecule has 1 fully saturated rings. The molecule has 0 spiro atoms. The van der Waals surface area contributed by atoms with E-state index in [2.05, 4.69) is 13.2 Å². The van der Waals surface area contributed by atoms with Gasteiger partial charge in [-0.3, -0.25) is 0 Å². The zero-order valence-corrected chi connectivity index (χ0v) is 23.6. The summed E-state index contributed by atoms with van der Waals surface area (Å²) in [6, 6.07) is 13.9. The Labute approximate surface area is 242 Å². The Hall–Kier alpha value is -4.07. The van der Waals surface area contributed by atoms with E-state index in [0.29, 0.717) is 54.6 Å². The van der Waals surface area contributed by atoms with Crippen LogP contribution in [0.1, 0.15) is 74.6 Å². The lowest BCUT2D eigenvalue weighted by molar-refractivity contribution is -0.139. The van der Waals surface area contributed by atoms with E-state index in [1.807, 2.05) is 0 Å². The van der Waals surface area contributed by atoms with Crippen LogP contribution in [0.4, 0.5) is 0 Å². The first kappa shape index (κ1) is 31.5. The van der Waals surface area contributed by atoms with Crippen molar-refractivity contribution in [1.29, 1.82) is 0 Å². The molecule has 1 aliphatic heterocycles. The summed E-state index contributed by atoms with van der Waals surface area (Å²) in [7, 11) is 0. The van der Waals surface area contributed by atoms with Gasteiger partial charge in [-0.15, -0.1) is 0 Å². The molecule has 0 radical (unpaired) electrons. The maximum Gasteiger partial charge on any atom is 0.343 e. The van der Waals surface area contributed by atoms with E-state index in [1.165, 1.54) is 6.08 Å². The SMILES string of the molecule is C=CC(=O)OCCCCCCOc1ccc(OC(=O)c2ccc(OCCCCCCC3CC(=C)C(=O)O3)cc2)cc1. The van der Waals surface area contributed by atoms with Crippen LogP contribution in [0.25, 0.3) is 0 Å². The van der Waals surface area contributed by atoms with E-state index >= 15 is 0 Å². The second kappa shape index (κ2) is 17.6. The second-order valence-corrected chi connectivity index (χ2v) is 9.91. The number of cyclic esters (lactones) is 1. The van der Waals surface area contributed by atoms with Gasteiger partial charge >= 0.3 is 17.9 Å². The van der Waals surface area contributed by atoms with Crippen LogP contribution >= 0.6 is 0 Å². The van der Waals surface area contributed by atoms with Crippen LogP contribution in [0.5, 0.6) is 17.2 Å². The molecule has 0 N–H and O–H groups in total. The predicted octanol–water partition coefficient (Wildman–Crippen LogP) is 6.78. The molecule has 0 aliphatic carbocycles. The summed E-state index contributed by atoms with van der Waals surface area (Å²) in [5.41, 5.74) is 1.01. The summed E-state index contributed by atoms with van der Waals surface area (Å²) in [6.07, 6.45) is 10.3. The number of carbonyl (C=O) groups is 3. The summed E-state index contributed by atoms with van der Waals surface area (Å²) >= 11 is 0. The second-order valence-electron chi connectivity index (χ2n) is 9.91. The molecule has 0 amide bonds. The number of ether oxygens (including phenoxy) is 5. The standard InChI is InChI=1S/C33H40O8/c1-3-31(34)39-23-11-7-6-10-22-38-28-17-19-29(20-18-28)40-33(36)26-13-15-27(16-14-26)37-21-9-5-4-8-12-30-24-25(2)32(35)41-30/h3,13-20,30H,1-2,4-12,21-24H2. The van der Waals surface area contributed by atoms with Gasteiger partial charge in [-0.1, -0.05) is 26.0 Å². The van der Waals surface area contributed by atoms with Crippen molar-refractivity contribution in [2.45, 2.75) is 70.3 Å². The number of unbranched alkanes of at least 4 members (excludes halogenated alkanes) is 6. The normalized spacial score (nSPS) is 14.3. The highest BCUT2D eigenvalue weighted by atomic mass is 16.6. The average Bonchev–Trinajstić information content (AvgIpc) is 3.31. The molecule has 220 valence electrons. The fourth-order valence-electron chi connectivity index (χ4n) is 4.25. The van der Waals surface area contributed by atoms with Gasteiger partial charge in [-0.05, 0) is 93.5 Å². The molecule has 3 rings (SSSR count). The van der Waals surface area contributed by atoms with Crippen LogP contribution in [0.15, 0.2) is 73.3 Å². The molecule has 1 aliphatic rings.